The van der Waals surface area contributed by atoms with Crippen LogP contribution in [0, 0.1) is 11.8 Å². The lowest BCUT2D eigenvalue weighted by Gasteiger charge is -2.50. The third-order valence-corrected chi connectivity index (χ3v) is 10.1. The maximum atomic E-state index is 13.6. The largest absolute Gasteiger partial charge is 0.616 e. The molecule has 0 saturated heterocycles. The number of rotatable bonds is 4. The van der Waals surface area contributed by atoms with Crippen LogP contribution in [0.2, 0.25) is 0 Å². The normalized spacial score (nSPS) is 33.3. The summed E-state index contributed by atoms with van der Waals surface area (Å²) in [7, 11) is 0. The van der Waals surface area contributed by atoms with Crippen LogP contribution in [0.5, 0.6) is 5.75 Å². The number of ketones is 2. The van der Waals surface area contributed by atoms with Crippen LogP contribution in [0.1, 0.15) is 53.9 Å². The molecule has 0 radical (unpaired) electrons. The molecule has 6 atom stereocenters. The topological polar surface area (TPSA) is 201 Å². The fraction of sp³-hybridized carbons (Fsp3) is 0.480. The van der Waals surface area contributed by atoms with E-state index in [0.29, 0.717) is 5.56 Å². The molecule has 7 N–H and O–H groups in total. The summed E-state index contributed by atoms with van der Waals surface area (Å²) in [6.07, 6.45) is 1.23. The minimum Gasteiger partial charge on any atom is -0.616 e. The number of carbonyl (C=O) groups is 3. The van der Waals surface area contributed by atoms with E-state index >= 15 is 0 Å². The fourth-order valence-corrected chi connectivity index (χ4v) is 8.31. The summed E-state index contributed by atoms with van der Waals surface area (Å²) in [6.45, 7) is 0. The Balaban J connectivity index is 1.70. The van der Waals surface area contributed by atoms with Crippen LogP contribution in [0.4, 0.5) is 0 Å². The van der Waals surface area contributed by atoms with E-state index in [0.717, 1.165) is 25.7 Å². The van der Waals surface area contributed by atoms with Crippen molar-refractivity contribution in [3.63, 3.8) is 0 Å². The van der Waals surface area contributed by atoms with Gasteiger partial charge in [-0.1, -0.05) is 23.3 Å². The summed E-state index contributed by atoms with van der Waals surface area (Å²) >= 11 is -1.36. The number of fused-ring (bicyclic) bond motifs is 3. The number of aliphatic hydroxyl groups is 4. The first-order valence-electron chi connectivity index (χ1n) is 11.8. The zero-order chi connectivity index (χ0) is 26.1. The fourth-order valence-electron chi connectivity index (χ4n) is 6.44. The zero-order valence-electron chi connectivity index (χ0n) is 19.2. The third-order valence-electron chi connectivity index (χ3n) is 8.18. The molecular formula is C25H27NO9S. The van der Waals surface area contributed by atoms with Gasteiger partial charge in [0, 0.05) is 29.7 Å². The molecule has 10 nitrogen and oxygen atoms in total. The lowest BCUT2D eigenvalue weighted by atomic mass is 9.56. The molecule has 1 aromatic carbocycles. The molecule has 0 bridgehead atoms. The van der Waals surface area contributed by atoms with E-state index in [1.165, 1.54) is 12.1 Å². The van der Waals surface area contributed by atoms with Gasteiger partial charge in [-0.15, -0.1) is 0 Å². The minimum atomic E-state index is -2.89. The molecule has 1 fully saturated rings. The second kappa shape index (κ2) is 8.62. The van der Waals surface area contributed by atoms with Crippen molar-refractivity contribution in [1.82, 2.24) is 0 Å². The molecular weight excluding hydrogens is 490 g/mol. The Bertz CT molecular complexity index is 1230. The number of Topliss-reactive ketones (excluding diaryl/α,β-unsaturated/α-hetero) is 2. The highest BCUT2D eigenvalue weighted by atomic mass is 32.2. The van der Waals surface area contributed by atoms with Crippen molar-refractivity contribution in [2.45, 2.75) is 55.0 Å². The summed E-state index contributed by atoms with van der Waals surface area (Å²) in [5.74, 6) is -9.32. The number of allylic oxidation sites excluding steroid dienone is 1. The molecule has 11 heteroatoms. The average molecular weight is 518 g/mol. The average Bonchev–Trinajstić information content (AvgIpc) is 3.36. The number of hydrogen-bond acceptors (Lipinski definition) is 9. The monoisotopic (exact) mass is 517 g/mol. The van der Waals surface area contributed by atoms with E-state index in [1.54, 1.807) is 6.07 Å². The zero-order valence-corrected chi connectivity index (χ0v) is 20.0. The summed E-state index contributed by atoms with van der Waals surface area (Å²) in [5, 5.41) is 55.0. The second-order valence-corrected chi connectivity index (χ2v) is 11.8. The summed E-state index contributed by atoms with van der Waals surface area (Å²) in [6, 6.07) is 4.37. The molecule has 1 saturated carbocycles. The van der Waals surface area contributed by atoms with Gasteiger partial charge in [0.15, 0.2) is 11.4 Å². The van der Waals surface area contributed by atoms with Crippen LogP contribution < -0.4 is 5.73 Å². The van der Waals surface area contributed by atoms with Crippen molar-refractivity contribution < 1.29 is 44.5 Å². The highest BCUT2D eigenvalue weighted by Crippen LogP contribution is 2.55. The Morgan fingerprint density at radius 3 is 2.47 bits per heavy atom. The molecule has 1 unspecified atom stereocenters. The van der Waals surface area contributed by atoms with Crippen LogP contribution in [-0.4, -0.2) is 70.3 Å². The Kier molecular flexibility index (Phi) is 5.94. The summed E-state index contributed by atoms with van der Waals surface area (Å²) in [4.78, 5) is 38.5. The van der Waals surface area contributed by atoms with E-state index in [9.17, 15) is 44.5 Å². The molecule has 0 heterocycles. The quantitative estimate of drug-likeness (QED) is 0.246. The smallest absolute Gasteiger partial charge is 0.255 e. The van der Waals surface area contributed by atoms with Gasteiger partial charge in [-0.05, 0) is 37.3 Å². The van der Waals surface area contributed by atoms with Crippen LogP contribution >= 0.6 is 0 Å². The van der Waals surface area contributed by atoms with E-state index in [2.05, 4.69) is 0 Å². The number of hydrogen-bond donors (Lipinski definition) is 6. The standard InChI is InChI=1S/C25H27NO9S/c26-24(33)18-15(28)8-13-20(29)17-12(9-36(35)10-4-1-2-5-10)11-6-3-7-14(27)16(11)21(30)19(17)23(32)25(13,34)22(18)31/h3,6-7,10,12-13,17,20,27-29,32,34H,1-2,4-5,8-9H2,(H2,26,33)/t12-,13+,17+,20+,25+,36?/m0/s1. The van der Waals surface area contributed by atoms with Gasteiger partial charge in [0.25, 0.3) is 5.91 Å². The van der Waals surface area contributed by atoms with Gasteiger partial charge in [0.05, 0.1) is 11.7 Å². The first kappa shape index (κ1) is 24.8. The second-order valence-electron chi connectivity index (χ2n) is 10.0. The molecule has 4 aliphatic carbocycles. The first-order valence-corrected chi connectivity index (χ1v) is 13.2. The lowest BCUT2D eigenvalue weighted by molar-refractivity contribution is -0.154. The van der Waals surface area contributed by atoms with Crippen molar-refractivity contribution in [2.75, 3.05) is 5.75 Å². The first-order chi connectivity index (χ1) is 17.0. The number of phenols is 1. The Morgan fingerprint density at radius 2 is 1.83 bits per heavy atom. The van der Waals surface area contributed by atoms with E-state index in [1.807, 2.05) is 0 Å². The van der Waals surface area contributed by atoms with Crippen LogP contribution in [0.25, 0.3) is 0 Å². The number of primary amides is 1. The van der Waals surface area contributed by atoms with Gasteiger partial charge in [0.2, 0.25) is 5.78 Å². The van der Waals surface area contributed by atoms with Gasteiger partial charge in [-0.25, -0.2) is 0 Å². The molecule has 0 spiro atoms. The molecule has 192 valence electrons. The lowest BCUT2D eigenvalue weighted by Crippen LogP contribution is -2.63. The summed E-state index contributed by atoms with van der Waals surface area (Å²) < 4.78 is 13.3. The number of nitrogens with two attached hydrogens (primary N) is 1. The SMILES string of the molecule is NC(=O)C1=C(O)C[C@@H]2[C@@H](O)[C@H]3C(=C(O)[C@]2(O)C1=O)C(=O)c1c(O)cccc1[C@@H]3C[S+]([O-])C1CCCC1. The molecule has 4 aliphatic rings. The Hall–Kier alpha value is -2.86. The van der Waals surface area contributed by atoms with Gasteiger partial charge in [0.1, 0.15) is 33.8 Å². The van der Waals surface area contributed by atoms with Gasteiger partial charge in [-0.3, -0.25) is 14.4 Å². The van der Waals surface area contributed by atoms with Gasteiger partial charge >= 0.3 is 0 Å². The number of aromatic hydroxyl groups is 1. The Morgan fingerprint density at radius 1 is 1.17 bits per heavy atom. The third kappa shape index (κ3) is 3.33. The molecule has 36 heavy (non-hydrogen) atoms. The van der Waals surface area contributed by atoms with E-state index in [4.69, 9.17) is 5.73 Å². The van der Waals surface area contributed by atoms with Crippen LogP contribution in [-0.2, 0) is 20.8 Å². The van der Waals surface area contributed by atoms with Crippen molar-refractivity contribution in [1.29, 1.82) is 0 Å². The van der Waals surface area contributed by atoms with Crippen molar-refractivity contribution in [3.05, 3.63) is 52.0 Å². The molecule has 0 aliphatic heterocycles. The van der Waals surface area contributed by atoms with Crippen molar-refractivity contribution >= 4 is 28.6 Å². The molecule has 0 aromatic heterocycles. The number of carbonyl (C=O) groups excluding carboxylic acids is 3. The Labute approximate surface area is 209 Å². The van der Waals surface area contributed by atoms with Crippen LogP contribution in [0.15, 0.2) is 40.9 Å². The van der Waals surface area contributed by atoms with E-state index < -0.39 is 92.9 Å². The molecule has 1 amide bonds. The number of amides is 1. The number of aliphatic hydroxyl groups excluding tert-OH is 3. The molecule has 1 aromatic rings. The van der Waals surface area contributed by atoms with Crippen LogP contribution in [0.3, 0.4) is 0 Å². The number of phenolic OH excluding ortho intramolecular Hbond substituents is 1. The maximum Gasteiger partial charge on any atom is 0.255 e. The predicted molar refractivity (Wildman–Crippen MR) is 127 cm³/mol. The van der Waals surface area contributed by atoms with Gasteiger partial charge < -0.3 is 35.8 Å². The molecule has 5 rings (SSSR count). The maximum absolute atomic E-state index is 13.6. The summed E-state index contributed by atoms with van der Waals surface area (Å²) in [5.41, 5.74) is 1.08. The number of benzene rings is 1. The minimum absolute atomic E-state index is 0.0142. The van der Waals surface area contributed by atoms with Crippen molar-refractivity contribution in [2.24, 2.45) is 17.6 Å². The highest BCUT2D eigenvalue weighted by Gasteiger charge is 2.64. The predicted octanol–water partition coefficient (Wildman–Crippen LogP) is 0.784. The highest BCUT2D eigenvalue weighted by molar-refractivity contribution is 7.92. The van der Waals surface area contributed by atoms with E-state index in [-0.39, 0.29) is 16.6 Å². The van der Waals surface area contributed by atoms with Gasteiger partial charge in [-0.2, -0.15) is 0 Å². The van der Waals surface area contributed by atoms with Crippen molar-refractivity contribution in [3.8, 4) is 5.75 Å².